The van der Waals surface area contributed by atoms with E-state index in [4.69, 9.17) is 9.15 Å². The van der Waals surface area contributed by atoms with Crippen LogP contribution in [0.5, 0.6) is 5.75 Å². The molecule has 0 saturated carbocycles. The van der Waals surface area contributed by atoms with Gasteiger partial charge in [0.1, 0.15) is 10.7 Å². The van der Waals surface area contributed by atoms with Crippen LogP contribution in [0.2, 0.25) is 0 Å². The zero-order valence-electron chi connectivity index (χ0n) is 18.1. The van der Waals surface area contributed by atoms with E-state index in [9.17, 15) is 14.9 Å². The van der Waals surface area contributed by atoms with Crippen molar-refractivity contribution < 1.29 is 18.9 Å². The summed E-state index contributed by atoms with van der Waals surface area (Å²) in [7, 11) is 0. The molecular weight excluding hydrogens is 444 g/mol. The second kappa shape index (κ2) is 9.21. The molecule has 0 spiro atoms. The van der Waals surface area contributed by atoms with Crippen molar-refractivity contribution in [3.05, 3.63) is 81.6 Å². The van der Waals surface area contributed by atoms with Crippen molar-refractivity contribution in [2.45, 2.75) is 26.9 Å². The fraction of sp³-hybridized carbons (Fsp3) is 0.174. The van der Waals surface area contributed by atoms with Crippen LogP contribution in [0.3, 0.4) is 0 Å². The molecular formula is C23H20N4O5S. The van der Waals surface area contributed by atoms with Gasteiger partial charge in [-0.25, -0.2) is 4.98 Å². The highest BCUT2D eigenvalue weighted by Gasteiger charge is 2.22. The fourth-order valence-electron chi connectivity index (χ4n) is 2.99. The lowest BCUT2D eigenvalue weighted by Gasteiger charge is -2.14. The van der Waals surface area contributed by atoms with Gasteiger partial charge in [-0.1, -0.05) is 17.4 Å². The third-order valence-electron chi connectivity index (χ3n) is 4.47. The molecule has 2 aromatic carbocycles. The normalized spacial score (nSPS) is 11.4. The number of nitro groups is 1. The number of furan rings is 1. The van der Waals surface area contributed by atoms with E-state index >= 15 is 0 Å². The summed E-state index contributed by atoms with van der Waals surface area (Å²) >= 11 is 1.32. The molecule has 1 amide bonds. The maximum Gasteiger partial charge on any atom is 0.433 e. The Labute approximate surface area is 193 Å². The van der Waals surface area contributed by atoms with Gasteiger partial charge in [-0.05, 0) is 68.8 Å². The number of carbonyl (C=O) groups is 1. The molecule has 33 heavy (non-hydrogen) atoms. The highest BCUT2D eigenvalue weighted by Crippen LogP contribution is 2.31. The second-order valence-corrected chi connectivity index (χ2v) is 8.46. The molecule has 0 saturated heterocycles. The number of anilines is 1. The van der Waals surface area contributed by atoms with E-state index in [1.54, 1.807) is 24.3 Å². The van der Waals surface area contributed by atoms with Crippen molar-refractivity contribution in [2.24, 2.45) is 5.10 Å². The Hall–Kier alpha value is -4.05. The van der Waals surface area contributed by atoms with Gasteiger partial charge in [-0.15, -0.1) is 0 Å². The second-order valence-electron chi connectivity index (χ2n) is 7.45. The molecule has 0 aliphatic carbocycles. The van der Waals surface area contributed by atoms with Gasteiger partial charge in [0, 0.05) is 5.56 Å². The number of hydrogen-bond acceptors (Lipinski definition) is 8. The summed E-state index contributed by atoms with van der Waals surface area (Å²) in [6, 6.07) is 15.2. The van der Waals surface area contributed by atoms with Crippen molar-refractivity contribution >= 4 is 44.7 Å². The topological polar surface area (TPSA) is 111 Å². The van der Waals surface area contributed by atoms with Crippen LogP contribution in [0.1, 0.15) is 35.5 Å². The van der Waals surface area contributed by atoms with Gasteiger partial charge in [-0.2, -0.15) is 10.1 Å². The lowest BCUT2D eigenvalue weighted by Crippen LogP contribution is -2.25. The molecule has 0 fully saturated rings. The van der Waals surface area contributed by atoms with E-state index in [1.807, 2.05) is 39.0 Å². The van der Waals surface area contributed by atoms with Crippen LogP contribution in [-0.2, 0) is 0 Å². The van der Waals surface area contributed by atoms with Gasteiger partial charge in [-0.3, -0.25) is 14.9 Å². The molecule has 4 rings (SSSR count). The Morgan fingerprint density at radius 3 is 2.64 bits per heavy atom. The summed E-state index contributed by atoms with van der Waals surface area (Å²) in [4.78, 5) is 28.1. The summed E-state index contributed by atoms with van der Waals surface area (Å²) in [5, 5.41) is 16.7. The van der Waals surface area contributed by atoms with Gasteiger partial charge in [0.2, 0.25) is 5.13 Å². The lowest BCUT2D eigenvalue weighted by atomic mass is 10.2. The lowest BCUT2D eigenvalue weighted by molar-refractivity contribution is -0.402. The summed E-state index contributed by atoms with van der Waals surface area (Å²) in [6.07, 6.45) is 1.26. The van der Waals surface area contributed by atoms with Crippen molar-refractivity contribution in [2.75, 3.05) is 5.01 Å². The number of hydrogen-bond donors (Lipinski definition) is 0. The average Bonchev–Trinajstić information content (AvgIpc) is 3.41. The average molecular weight is 465 g/mol. The number of thiazole rings is 1. The SMILES string of the molecule is Cc1ccc2nc(N(/N=C/c3ccc([N+](=O)[O-])o3)C(=O)c3ccc(OC(C)C)cc3)sc2c1. The van der Waals surface area contributed by atoms with Crippen molar-refractivity contribution in [1.82, 2.24) is 4.98 Å². The Morgan fingerprint density at radius 1 is 1.21 bits per heavy atom. The minimum absolute atomic E-state index is 0.0104. The molecule has 10 heteroatoms. The van der Waals surface area contributed by atoms with E-state index in [2.05, 4.69) is 10.1 Å². The van der Waals surface area contributed by atoms with Crippen molar-refractivity contribution in [3.8, 4) is 5.75 Å². The van der Waals surface area contributed by atoms with E-state index in [-0.39, 0.29) is 11.9 Å². The summed E-state index contributed by atoms with van der Waals surface area (Å²) in [5.74, 6) is -0.0446. The quantitative estimate of drug-likeness (QED) is 0.201. The number of amides is 1. The first-order valence-electron chi connectivity index (χ1n) is 10.1. The van der Waals surface area contributed by atoms with Crippen molar-refractivity contribution in [3.63, 3.8) is 0 Å². The number of benzene rings is 2. The minimum atomic E-state index is -0.642. The van der Waals surface area contributed by atoms with Crippen LogP contribution in [0.15, 0.2) is 64.1 Å². The molecule has 0 radical (unpaired) electrons. The van der Waals surface area contributed by atoms with Gasteiger partial charge in [0.25, 0.3) is 5.91 Å². The van der Waals surface area contributed by atoms with E-state index in [0.717, 1.165) is 20.8 Å². The Bertz CT molecular complexity index is 1340. The number of nitrogens with zero attached hydrogens (tertiary/aromatic N) is 4. The minimum Gasteiger partial charge on any atom is -0.491 e. The highest BCUT2D eigenvalue weighted by atomic mass is 32.1. The number of fused-ring (bicyclic) bond motifs is 1. The van der Waals surface area contributed by atoms with Crippen LogP contribution in [0, 0.1) is 17.0 Å². The van der Waals surface area contributed by atoms with Gasteiger partial charge < -0.3 is 9.15 Å². The van der Waals surface area contributed by atoms with Crippen LogP contribution < -0.4 is 9.75 Å². The van der Waals surface area contributed by atoms with Crippen molar-refractivity contribution in [1.29, 1.82) is 0 Å². The van der Waals surface area contributed by atoms with Crippen LogP contribution in [-0.4, -0.2) is 28.1 Å². The van der Waals surface area contributed by atoms with Crippen LogP contribution >= 0.6 is 11.3 Å². The summed E-state index contributed by atoms with van der Waals surface area (Å²) in [5.41, 5.74) is 2.19. The Balaban J connectivity index is 1.70. The molecule has 0 aliphatic heterocycles. The zero-order valence-corrected chi connectivity index (χ0v) is 18.9. The third kappa shape index (κ3) is 5.07. The molecule has 0 N–H and O–H groups in total. The van der Waals surface area contributed by atoms with Gasteiger partial charge in [0.15, 0.2) is 5.76 Å². The van der Waals surface area contributed by atoms with Gasteiger partial charge >= 0.3 is 5.88 Å². The number of hydrazone groups is 1. The van der Waals surface area contributed by atoms with E-state index in [1.165, 1.54) is 29.7 Å². The Kier molecular flexibility index (Phi) is 6.18. The third-order valence-corrected chi connectivity index (χ3v) is 5.47. The maximum absolute atomic E-state index is 13.4. The molecule has 0 bridgehead atoms. The molecule has 0 unspecified atom stereocenters. The molecule has 0 aliphatic rings. The van der Waals surface area contributed by atoms with Gasteiger partial charge in [0.05, 0.1) is 28.6 Å². The molecule has 0 atom stereocenters. The number of carbonyl (C=O) groups excluding carboxylic acids is 1. The largest absolute Gasteiger partial charge is 0.491 e. The number of ether oxygens (including phenoxy) is 1. The molecule has 4 aromatic rings. The summed E-state index contributed by atoms with van der Waals surface area (Å²) < 4.78 is 11.7. The number of rotatable bonds is 7. The highest BCUT2D eigenvalue weighted by molar-refractivity contribution is 7.22. The fourth-order valence-corrected chi connectivity index (χ4v) is 4.01. The molecule has 168 valence electrons. The molecule has 2 aromatic heterocycles. The first kappa shape index (κ1) is 22.2. The number of aryl methyl sites for hydroxylation is 1. The number of aromatic nitrogens is 1. The van der Waals surface area contributed by atoms with E-state index in [0.29, 0.717) is 16.4 Å². The maximum atomic E-state index is 13.4. The van der Waals surface area contributed by atoms with E-state index < -0.39 is 16.7 Å². The smallest absolute Gasteiger partial charge is 0.433 e. The van der Waals surface area contributed by atoms with Crippen LogP contribution in [0.4, 0.5) is 11.0 Å². The first-order chi connectivity index (χ1) is 15.8. The Morgan fingerprint density at radius 2 is 1.97 bits per heavy atom. The standard InChI is InChI=1S/C23H20N4O5S/c1-14(2)31-17-7-5-16(6-8-17)22(28)26(24-13-18-9-11-21(32-18)27(29)30)23-25-19-10-4-15(3)12-20(19)33-23/h4-14H,1-3H3/b24-13+. The zero-order chi connectivity index (χ0) is 23.5. The monoisotopic (exact) mass is 464 g/mol. The van der Waals surface area contributed by atoms with Crippen LogP contribution in [0.25, 0.3) is 10.2 Å². The predicted octanol–water partition coefficient (Wildman–Crippen LogP) is 5.57. The predicted molar refractivity (Wildman–Crippen MR) is 126 cm³/mol. The first-order valence-corrected chi connectivity index (χ1v) is 10.9. The molecule has 9 nitrogen and oxygen atoms in total. The summed E-state index contributed by atoms with van der Waals surface area (Å²) in [6.45, 7) is 5.82. The molecule has 2 heterocycles.